The fourth-order valence-corrected chi connectivity index (χ4v) is 1.98. The number of carbonyl (C=O) groups is 1. The lowest BCUT2D eigenvalue weighted by Gasteiger charge is -2.14. The van der Waals surface area contributed by atoms with Gasteiger partial charge >= 0.3 is 0 Å². The molecule has 84 valence electrons. The molecular formula is C10H16N2O2S. The van der Waals surface area contributed by atoms with Gasteiger partial charge in [-0.2, -0.15) is 5.26 Å². The van der Waals surface area contributed by atoms with Crippen molar-refractivity contribution < 1.29 is 9.00 Å². The predicted octanol–water partition coefficient (Wildman–Crippen LogP) is 0.563. The van der Waals surface area contributed by atoms with E-state index in [0.717, 1.165) is 0 Å². The summed E-state index contributed by atoms with van der Waals surface area (Å²) in [6.07, 6.45) is 3.67. The van der Waals surface area contributed by atoms with Gasteiger partial charge in [0.25, 0.3) is 0 Å². The molecule has 15 heavy (non-hydrogen) atoms. The van der Waals surface area contributed by atoms with Crippen molar-refractivity contribution in [2.24, 2.45) is 5.41 Å². The lowest BCUT2D eigenvalue weighted by molar-refractivity contribution is -0.125. The fourth-order valence-electron chi connectivity index (χ4n) is 1.29. The molecule has 1 fully saturated rings. The van der Waals surface area contributed by atoms with Crippen molar-refractivity contribution in [2.75, 3.05) is 12.0 Å². The highest BCUT2D eigenvalue weighted by Crippen LogP contribution is 2.45. The van der Waals surface area contributed by atoms with Crippen LogP contribution in [0, 0.1) is 16.7 Å². The molecule has 1 saturated carbocycles. The Morgan fingerprint density at radius 2 is 2.27 bits per heavy atom. The molecule has 1 rings (SSSR count). The van der Waals surface area contributed by atoms with Crippen LogP contribution in [0.2, 0.25) is 0 Å². The first-order valence-corrected chi connectivity index (χ1v) is 6.75. The summed E-state index contributed by atoms with van der Waals surface area (Å²) in [6, 6.07) is 2.04. The smallest absolute Gasteiger partial charge is 0.240 e. The Balaban J connectivity index is 2.33. The van der Waals surface area contributed by atoms with Gasteiger partial charge < -0.3 is 5.32 Å². The van der Waals surface area contributed by atoms with Gasteiger partial charge in [0.05, 0.1) is 6.07 Å². The number of carbonyl (C=O) groups excluding carboxylic acids is 1. The van der Waals surface area contributed by atoms with Crippen molar-refractivity contribution in [2.45, 2.75) is 32.2 Å². The first kappa shape index (κ1) is 12.2. The fraction of sp³-hybridized carbons (Fsp3) is 0.800. The van der Waals surface area contributed by atoms with Gasteiger partial charge in [0.15, 0.2) is 0 Å². The molecule has 1 amide bonds. The molecule has 0 aliphatic heterocycles. The second-order valence-electron chi connectivity index (χ2n) is 4.13. The molecule has 2 unspecified atom stereocenters. The number of nitrogens with zero attached hydrogens (tertiary/aromatic N) is 1. The molecule has 5 heteroatoms. The van der Waals surface area contributed by atoms with E-state index in [0.29, 0.717) is 25.0 Å². The zero-order chi connectivity index (χ0) is 11.5. The highest BCUT2D eigenvalue weighted by atomic mass is 32.2. The number of hydrogen-bond acceptors (Lipinski definition) is 3. The number of nitriles is 1. The van der Waals surface area contributed by atoms with Gasteiger partial charge in [0.1, 0.15) is 5.41 Å². The molecule has 1 aliphatic rings. The molecule has 0 spiro atoms. The topological polar surface area (TPSA) is 70.0 Å². The van der Waals surface area contributed by atoms with Crippen molar-refractivity contribution in [3.63, 3.8) is 0 Å². The van der Waals surface area contributed by atoms with E-state index in [-0.39, 0.29) is 11.9 Å². The van der Waals surface area contributed by atoms with Crippen molar-refractivity contribution in [3.05, 3.63) is 0 Å². The molecule has 1 N–H and O–H groups in total. The highest BCUT2D eigenvalue weighted by Gasteiger charge is 2.50. The Kier molecular flexibility index (Phi) is 3.86. The summed E-state index contributed by atoms with van der Waals surface area (Å²) in [7, 11) is -0.825. The van der Waals surface area contributed by atoms with Crippen LogP contribution in [0.15, 0.2) is 0 Å². The summed E-state index contributed by atoms with van der Waals surface area (Å²) < 4.78 is 10.8. The Hall–Kier alpha value is -0.890. The van der Waals surface area contributed by atoms with E-state index in [1.165, 1.54) is 0 Å². The Labute approximate surface area is 92.5 Å². The molecule has 0 aromatic heterocycles. The molecule has 4 nitrogen and oxygen atoms in total. The third-order valence-corrected chi connectivity index (χ3v) is 3.43. The molecule has 2 atom stereocenters. The predicted molar refractivity (Wildman–Crippen MR) is 58.4 cm³/mol. The molecular weight excluding hydrogens is 212 g/mol. The van der Waals surface area contributed by atoms with E-state index in [4.69, 9.17) is 5.26 Å². The van der Waals surface area contributed by atoms with Gasteiger partial charge in [0.2, 0.25) is 5.91 Å². The van der Waals surface area contributed by atoms with E-state index in [1.54, 1.807) is 6.26 Å². The zero-order valence-corrected chi connectivity index (χ0v) is 9.89. The standard InChI is InChI=1S/C10H16N2O2S/c1-8(3-6-15(2)14)12-9(13)10(7-11)4-5-10/h8H,3-6H2,1-2H3,(H,12,13). The minimum absolute atomic E-state index is 0.00720. The first-order valence-electron chi connectivity index (χ1n) is 5.02. The van der Waals surface area contributed by atoms with Crippen LogP contribution in [0.5, 0.6) is 0 Å². The van der Waals surface area contributed by atoms with Gasteiger partial charge in [-0.1, -0.05) is 0 Å². The largest absolute Gasteiger partial charge is 0.352 e. The molecule has 0 radical (unpaired) electrons. The summed E-state index contributed by atoms with van der Waals surface area (Å²) in [5.74, 6) is 0.417. The highest BCUT2D eigenvalue weighted by molar-refractivity contribution is 7.84. The van der Waals surface area contributed by atoms with E-state index in [9.17, 15) is 9.00 Å². The summed E-state index contributed by atoms with van der Waals surface area (Å²) in [5.41, 5.74) is -0.750. The van der Waals surface area contributed by atoms with E-state index < -0.39 is 16.2 Å². The van der Waals surface area contributed by atoms with Crippen molar-refractivity contribution in [1.29, 1.82) is 5.26 Å². The van der Waals surface area contributed by atoms with Crippen molar-refractivity contribution in [3.8, 4) is 6.07 Å². The Morgan fingerprint density at radius 3 is 2.67 bits per heavy atom. The van der Waals surface area contributed by atoms with Crippen LogP contribution in [0.25, 0.3) is 0 Å². The molecule has 0 heterocycles. The maximum Gasteiger partial charge on any atom is 0.240 e. The van der Waals surface area contributed by atoms with Crippen LogP contribution in [-0.2, 0) is 15.6 Å². The van der Waals surface area contributed by atoms with Crippen LogP contribution in [0.1, 0.15) is 26.2 Å². The van der Waals surface area contributed by atoms with Crippen LogP contribution < -0.4 is 5.32 Å². The molecule has 1 aliphatic carbocycles. The Morgan fingerprint density at radius 1 is 1.67 bits per heavy atom. The minimum Gasteiger partial charge on any atom is -0.352 e. The monoisotopic (exact) mass is 228 g/mol. The summed E-state index contributed by atoms with van der Waals surface area (Å²) in [5, 5.41) is 11.6. The lowest BCUT2D eigenvalue weighted by atomic mass is 10.1. The van der Waals surface area contributed by atoms with E-state index in [1.807, 2.05) is 6.92 Å². The number of hydrogen-bond donors (Lipinski definition) is 1. The molecule has 0 bridgehead atoms. The van der Waals surface area contributed by atoms with Crippen LogP contribution in [-0.4, -0.2) is 28.2 Å². The summed E-state index contributed by atoms with van der Waals surface area (Å²) >= 11 is 0. The van der Waals surface area contributed by atoms with Gasteiger partial charge in [-0.25, -0.2) is 0 Å². The van der Waals surface area contributed by atoms with Crippen molar-refractivity contribution in [1.82, 2.24) is 5.32 Å². The van der Waals surface area contributed by atoms with Crippen LogP contribution >= 0.6 is 0 Å². The quantitative estimate of drug-likeness (QED) is 0.747. The molecule has 0 aromatic carbocycles. The number of rotatable bonds is 5. The normalized spacial score (nSPS) is 21.1. The SMILES string of the molecule is CC(CCS(C)=O)NC(=O)C1(C#N)CC1. The second kappa shape index (κ2) is 4.75. The molecule has 0 saturated heterocycles. The summed E-state index contributed by atoms with van der Waals surface area (Å²) in [6.45, 7) is 1.87. The van der Waals surface area contributed by atoms with Crippen molar-refractivity contribution >= 4 is 16.7 Å². The second-order valence-corrected chi connectivity index (χ2v) is 5.69. The summed E-state index contributed by atoms with van der Waals surface area (Å²) in [4.78, 5) is 11.6. The van der Waals surface area contributed by atoms with Crippen LogP contribution in [0.4, 0.5) is 0 Å². The van der Waals surface area contributed by atoms with E-state index >= 15 is 0 Å². The third-order valence-electron chi connectivity index (χ3n) is 2.61. The van der Waals surface area contributed by atoms with Gasteiger partial charge in [-0.15, -0.1) is 0 Å². The molecule has 0 aromatic rings. The van der Waals surface area contributed by atoms with Gasteiger partial charge in [0, 0.05) is 28.9 Å². The first-order chi connectivity index (χ1) is 7.00. The number of nitrogens with one attached hydrogen (secondary N) is 1. The number of amides is 1. The maximum atomic E-state index is 11.6. The average molecular weight is 228 g/mol. The maximum absolute atomic E-state index is 11.6. The lowest BCUT2D eigenvalue weighted by Crippen LogP contribution is -2.38. The average Bonchev–Trinajstić information content (AvgIpc) is 2.95. The Bertz CT molecular complexity index is 318. The third kappa shape index (κ3) is 3.31. The van der Waals surface area contributed by atoms with Crippen LogP contribution in [0.3, 0.4) is 0 Å². The van der Waals surface area contributed by atoms with E-state index in [2.05, 4.69) is 11.4 Å². The van der Waals surface area contributed by atoms with Gasteiger partial charge in [-0.3, -0.25) is 9.00 Å². The zero-order valence-electron chi connectivity index (χ0n) is 9.08. The minimum atomic E-state index is -0.825. The van der Waals surface area contributed by atoms with Gasteiger partial charge in [-0.05, 0) is 26.2 Å².